The Balaban J connectivity index is 1.50. The predicted molar refractivity (Wildman–Crippen MR) is 109 cm³/mol. The van der Waals surface area contributed by atoms with Crippen LogP contribution in [-0.2, 0) is 9.53 Å². The van der Waals surface area contributed by atoms with Crippen molar-refractivity contribution in [1.29, 1.82) is 0 Å². The van der Waals surface area contributed by atoms with E-state index in [2.05, 4.69) is 0 Å². The Hall–Kier alpha value is -3.82. The third-order valence-electron chi connectivity index (χ3n) is 4.97. The van der Waals surface area contributed by atoms with Crippen LogP contribution in [0.4, 0.5) is 15.8 Å². The van der Waals surface area contributed by atoms with Crippen molar-refractivity contribution in [3.8, 4) is 0 Å². The Bertz CT molecular complexity index is 1020. The first-order valence-electron chi connectivity index (χ1n) is 9.51. The maximum absolute atomic E-state index is 14.3. The van der Waals surface area contributed by atoms with Crippen molar-refractivity contribution in [1.82, 2.24) is 4.90 Å². The quantitative estimate of drug-likeness (QED) is 0.300. The van der Waals surface area contributed by atoms with E-state index in [9.17, 15) is 28.9 Å². The highest BCUT2D eigenvalue weighted by Gasteiger charge is 2.24. The van der Waals surface area contributed by atoms with Crippen LogP contribution in [0.15, 0.2) is 42.5 Å². The number of non-ortho nitro benzene ring substituents is 1. The maximum atomic E-state index is 14.3. The summed E-state index contributed by atoms with van der Waals surface area (Å²) in [5, 5.41) is 10.6. The number of carbonyl (C=O) groups is 3. The third-order valence-corrected chi connectivity index (χ3v) is 4.97. The summed E-state index contributed by atoms with van der Waals surface area (Å²) in [7, 11) is 0. The fraction of sp³-hybridized carbons (Fsp3) is 0.286. The number of amides is 1. The minimum atomic E-state index is -0.755. The first kappa shape index (κ1) is 21.9. The van der Waals surface area contributed by atoms with Crippen molar-refractivity contribution in [2.45, 2.75) is 6.92 Å². The molecule has 0 radical (unpaired) electrons. The maximum Gasteiger partial charge on any atom is 0.338 e. The average Bonchev–Trinajstić information content (AvgIpc) is 2.77. The number of ketones is 1. The molecule has 1 saturated heterocycles. The molecule has 2 aromatic rings. The lowest BCUT2D eigenvalue weighted by molar-refractivity contribution is -0.384. The molecule has 0 bridgehead atoms. The number of anilines is 1. The molecule has 0 aliphatic carbocycles. The number of nitrogens with zero attached hydrogens (tertiary/aromatic N) is 3. The highest BCUT2D eigenvalue weighted by atomic mass is 19.1. The van der Waals surface area contributed by atoms with E-state index in [-0.39, 0.29) is 22.9 Å². The Morgan fingerprint density at radius 1 is 1.03 bits per heavy atom. The van der Waals surface area contributed by atoms with Gasteiger partial charge in [0.05, 0.1) is 16.2 Å². The number of hydrogen-bond acceptors (Lipinski definition) is 7. The van der Waals surface area contributed by atoms with E-state index in [4.69, 9.17) is 4.74 Å². The second kappa shape index (κ2) is 9.33. The van der Waals surface area contributed by atoms with E-state index >= 15 is 0 Å². The monoisotopic (exact) mass is 429 g/mol. The van der Waals surface area contributed by atoms with E-state index in [1.165, 1.54) is 42.2 Å². The van der Waals surface area contributed by atoms with E-state index < -0.39 is 23.3 Å². The molecule has 9 nitrogen and oxygen atoms in total. The molecule has 10 heteroatoms. The molecule has 1 fully saturated rings. The van der Waals surface area contributed by atoms with Crippen LogP contribution < -0.4 is 4.90 Å². The SMILES string of the molecule is CC(=O)c1ccc(N2CCN(C(=O)COC(=O)c3ccc([N+](=O)[O-])cc3)CC2)c(F)c1. The molecule has 3 rings (SSSR count). The second-order valence-corrected chi connectivity index (χ2v) is 6.97. The van der Waals surface area contributed by atoms with Gasteiger partial charge in [0.15, 0.2) is 12.4 Å². The Morgan fingerprint density at radius 3 is 2.19 bits per heavy atom. The fourth-order valence-corrected chi connectivity index (χ4v) is 3.20. The van der Waals surface area contributed by atoms with Crippen LogP contribution in [0.25, 0.3) is 0 Å². The van der Waals surface area contributed by atoms with E-state index in [1.54, 1.807) is 17.0 Å². The van der Waals surface area contributed by atoms with Crippen LogP contribution in [-0.4, -0.2) is 60.3 Å². The standard InChI is InChI=1S/C21H20FN3O6/c1-14(26)16-4-7-19(18(22)12-16)23-8-10-24(11-9-23)20(27)13-31-21(28)15-2-5-17(6-3-15)25(29)30/h2-7,12H,8-11,13H2,1H3. The van der Waals surface area contributed by atoms with Gasteiger partial charge in [0.1, 0.15) is 5.82 Å². The first-order valence-corrected chi connectivity index (χ1v) is 9.51. The van der Waals surface area contributed by atoms with Crippen molar-refractivity contribution < 1.29 is 28.4 Å². The zero-order chi connectivity index (χ0) is 22.5. The molecule has 0 unspecified atom stereocenters. The van der Waals surface area contributed by atoms with E-state index in [0.29, 0.717) is 37.4 Å². The number of Topliss-reactive ketones (excluding diaryl/α,β-unsaturated/α-hetero) is 1. The van der Waals surface area contributed by atoms with Gasteiger partial charge in [-0.15, -0.1) is 0 Å². The van der Waals surface area contributed by atoms with Crippen molar-refractivity contribution >= 4 is 29.0 Å². The molecule has 0 spiro atoms. The third kappa shape index (κ3) is 5.21. The topological polar surface area (TPSA) is 110 Å². The first-order chi connectivity index (χ1) is 14.8. The largest absolute Gasteiger partial charge is 0.452 e. The summed E-state index contributed by atoms with van der Waals surface area (Å²) in [4.78, 5) is 49.1. The summed E-state index contributed by atoms with van der Waals surface area (Å²) in [6, 6.07) is 9.20. The number of piperazine rings is 1. The van der Waals surface area contributed by atoms with Crippen molar-refractivity contribution in [3.63, 3.8) is 0 Å². The van der Waals surface area contributed by atoms with Gasteiger partial charge in [-0.2, -0.15) is 0 Å². The van der Waals surface area contributed by atoms with Crippen LogP contribution in [0.1, 0.15) is 27.6 Å². The lowest BCUT2D eigenvalue weighted by atomic mass is 10.1. The van der Waals surface area contributed by atoms with Gasteiger partial charge >= 0.3 is 5.97 Å². The molecule has 0 N–H and O–H groups in total. The number of nitro benzene ring substituents is 1. The van der Waals surface area contributed by atoms with Crippen LogP contribution in [0, 0.1) is 15.9 Å². The molecular weight excluding hydrogens is 409 g/mol. The molecule has 1 aliphatic rings. The van der Waals surface area contributed by atoms with Crippen LogP contribution >= 0.6 is 0 Å². The summed E-state index contributed by atoms with van der Waals surface area (Å²) in [5.74, 6) is -1.86. The van der Waals surface area contributed by atoms with Gasteiger partial charge in [-0.25, -0.2) is 9.18 Å². The number of nitro groups is 1. The van der Waals surface area contributed by atoms with Gasteiger partial charge in [0, 0.05) is 43.9 Å². The summed E-state index contributed by atoms with van der Waals surface area (Å²) in [6.07, 6.45) is 0. The Kier molecular flexibility index (Phi) is 6.58. The number of ether oxygens (including phenoxy) is 1. The minimum Gasteiger partial charge on any atom is -0.452 e. The Labute approximate surface area is 177 Å². The van der Waals surface area contributed by atoms with Gasteiger partial charge in [0.2, 0.25) is 0 Å². The number of hydrogen-bond donors (Lipinski definition) is 0. The molecule has 1 aliphatic heterocycles. The lowest BCUT2D eigenvalue weighted by Crippen LogP contribution is -2.50. The molecule has 0 aromatic heterocycles. The summed E-state index contributed by atoms with van der Waals surface area (Å²) in [6.45, 7) is 2.32. The number of carbonyl (C=O) groups excluding carboxylic acids is 3. The average molecular weight is 429 g/mol. The van der Waals surface area contributed by atoms with Gasteiger partial charge in [-0.05, 0) is 37.3 Å². The zero-order valence-corrected chi connectivity index (χ0v) is 16.7. The summed E-state index contributed by atoms with van der Waals surface area (Å²) in [5.41, 5.74) is 0.608. The lowest BCUT2D eigenvalue weighted by Gasteiger charge is -2.36. The molecule has 1 amide bonds. The molecule has 162 valence electrons. The van der Waals surface area contributed by atoms with E-state index in [1.807, 2.05) is 0 Å². The smallest absolute Gasteiger partial charge is 0.338 e. The minimum absolute atomic E-state index is 0.104. The van der Waals surface area contributed by atoms with Crippen molar-refractivity contribution in [2.75, 3.05) is 37.7 Å². The van der Waals surface area contributed by atoms with Crippen LogP contribution in [0.3, 0.4) is 0 Å². The summed E-state index contributed by atoms with van der Waals surface area (Å²) < 4.78 is 19.3. The van der Waals surface area contributed by atoms with Gasteiger partial charge < -0.3 is 14.5 Å². The molecular formula is C21H20FN3O6. The predicted octanol–water partition coefficient (Wildman–Crippen LogP) is 2.44. The molecule has 0 saturated carbocycles. The zero-order valence-electron chi connectivity index (χ0n) is 16.7. The van der Waals surface area contributed by atoms with Crippen LogP contribution in [0.5, 0.6) is 0 Å². The highest BCUT2D eigenvalue weighted by molar-refractivity contribution is 5.94. The normalized spacial score (nSPS) is 13.6. The van der Waals surface area contributed by atoms with E-state index in [0.717, 1.165) is 0 Å². The van der Waals surface area contributed by atoms with Gasteiger partial charge in [0.25, 0.3) is 11.6 Å². The number of benzene rings is 2. The summed E-state index contributed by atoms with van der Waals surface area (Å²) >= 11 is 0. The number of rotatable bonds is 6. The molecule has 0 atom stereocenters. The Morgan fingerprint density at radius 2 is 1.65 bits per heavy atom. The van der Waals surface area contributed by atoms with Gasteiger partial charge in [-0.1, -0.05) is 0 Å². The molecule has 31 heavy (non-hydrogen) atoms. The molecule has 1 heterocycles. The molecule has 2 aromatic carbocycles. The van der Waals surface area contributed by atoms with Crippen molar-refractivity contribution in [3.05, 3.63) is 69.5 Å². The second-order valence-electron chi connectivity index (χ2n) is 6.97. The van der Waals surface area contributed by atoms with Gasteiger partial charge in [-0.3, -0.25) is 19.7 Å². The number of halogens is 1. The van der Waals surface area contributed by atoms with Crippen LogP contribution in [0.2, 0.25) is 0 Å². The van der Waals surface area contributed by atoms with Crippen molar-refractivity contribution in [2.24, 2.45) is 0 Å². The number of esters is 1. The highest BCUT2D eigenvalue weighted by Crippen LogP contribution is 2.22. The fourth-order valence-electron chi connectivity index (χ4n) is 3.20.